The number of ether oxygens (including phenoxy) is 1. The Labute approximate surface area is 119 Å². The fourth-order valence-electron chi connectivity index (χ4n) is 1.53. The Morgan fingerprint density at radius 1 is 1.40 bits per heavy atom. The zero-order chi connectivity index (χ0) is 14.7. The van der Waals surface area contributed by atoms with Crippen molar-refractivity contribution in [1.82, 2.24) is 4.98 Å². The van der Waals surface area contributed by atoms with Crippen LogP contribution in [0.25, 0.3) is 0 Å². The van der Waals surface area contributed by atoms with Gasteiger partial charge in [0, 0.05) is 29.4 Å². The minimum atomic E-state index is -0.642. The lowest BCUT2D eigenvalue weighted by molar-refractivity contribution is -0.385. The van der Waals surface area contributed by atoms with E-state index in [1.54, 1.807) is 13.0 Å². The highest BCUT2D eigenvalue weighted by atomic mass is 35.5. The van der Waals surface area contributed by atoms with Crippen LogP contribution in [0.3, 0.4) is 0 Å². The molecular formula is C13H11ClN2O4. The summed E-state index contributed by atoms with van der Waals surface area (Å²) in [5.41, 5.74) is 0.425. The van der Waals surface area contributed by atoms with E-state index in [1.165, 1.54) is 30.5 Å². The van der Waals surface area contributed by atoms with Gasteiger partial charge in [-0.3, -0.25) is 10.1 Å². The number of aliphatic hydroxyl groups is 1. The Morgan fingerprint density at radius 2 is 2.15 bits per heavy atom. The van der Waals surface area contributed by atoms with Gasteiger partial charge in [-0.25, -0.2) is 4.98 Å². The second-order valence-electron chi connectivity index (χ2n) is 4.08. The topological polar surface area (TPSA) is 85.5 Å². The highest BCUT2D eigenvalue weighted by Crippen LogP contribution is 2.33. The average molecular weight is 295 g/mol. The maximum atomic E-state index is 10.9. The molecule has 0 saturated carbocycles. The van der Waals surface area contributed by atoms with Crippen molar-refractivity contribution in [3.8, 4) is 11.6 Å². The first-order chi connectivity index (χ1) is 9.47. The molecule has 20 heavy (non-hydrogen) atoms. The molecule has 104 valence electrons. The van der Waals surface area contributed by atoms with Gasteiger partial charge < -0.3 is 9.84 Å². The zero-order valence-electron chi connectivity index (χ0n) is 10.5. The second-order valence-corrected chi connectivity index (χ2v) is 4.51. The van der Waals surface area contributed by atoms with E-state index in [0.717, 1.165) is 0 Å². The van der Waals surface area contributed by atoms with Crippen LogP contribution in [0.15, 0.2) is 36.5 Å². The fraction of sp³-hybridized carbons (Fsp3) is 0.154. The predicted octanol–water partition coefficient (Wildman–Crippen LogP) is 3.49. The summed E-state index contributed by atoms with van der Waals surface area (Å²) < 4.78 is 5.37. The van der Waals surface area contributed by atoms with Crippen molar-refractivity contribution in [2.24, 2.45) is 0 Å². The molecule has 1 atom stereocenters. The van der Waals surface area contributed by atoms with E-state index in [2.05, 4.69) is 4.98 Å². The number of pyridine rings is 1. The third-order valence-electron chi connectivity index (χ3n) is 2.57. The van der Waals surface area contributed by atoms with E-state index < -0.39 is 11.0 Å². The number of nitrogens with zero attached hydrogens (tertiary/aromatic N) is 2. The van der Waals surface area contributed by atoms with Crippen molar-refractivity contribution in [2.45, 2.75) is 13.0 Å². The van der Waals surface area contributed by atoms with Gasteiger partial charge >= 0.3 is 5.69 Å². The van der Waals surface area contributed by atoms with Gasteiger partial charge in [-0.15, -0.1) is 0 Å². The summed E-state index contributed by atoms with van der Waals surface area (Å²) in [6.45, 7) is 1.61. The molecule has 1 aromatic carbocycles. The minimum Gasteiger partial charge on any atom is -0.432 e. The second kappa shape index (κ2) is 5.85. The van der Waals surface area contributed by atoms with Gasteiger partial charge in [0.15, 0.2) is 0 Å². The lowest BCUT2D eigenvalue weighted by Gasteiger charge is -2.07. The van der Waals surface area contributed by atoms with Crippen molar-refractivity contribution in [3.05, 3.63) is 57.2 Å². The Kier molecular flexibility index (Phi) is 4.16. The molecule has 0 unspecified atom stereocenters. The first-order valence-electron chi connectivity index (χ1n) is 5.73. The number of aliphatic hydroxyl groups excluding tert-OH is 1. The van der Waals surface area contributed by atoms with Crippen LogP contribution in [-0.4, -0.2) is 15.0 Å². The summed E-state index contributed by atoms with van der Waals surface area (Å²) in [6, 6.07) is 7.18. The minimum absolute atomic E-state index is 0.0137. The molecule has 1 heterocycles. The van der Waals surface area contributed by atoms with E-state index in [4.69, 9.17) is 16.3 Å². The maximum Gasteiger partial charge on any atom is 0.311 e. The number of hydrogen-bond donors (Lipinski definition) is 1. The molecule has 2 aromatic rings. The van der Waals surface area contributed by atoms with Crippen molar-refractivity contribution in [3.63, 3.8) is 0 Å². The first-order valence-corrected chi connectivity index (χ1v) is 6.11. The van der Waals surface area contributed by atoms with Gasteiger partial charge in [0.05, 0.1) is 11.0 Å². The molecule has 1 aromatic heterocycles. The van der Waals surface area contributed by atoms with E-state index in [0.29, 0.717) is 10.6 Å². The van der Waals surface area contributed by atoms with Gasteiger partial charge in [0.1, 0.15) is 0 Å². The number of nitro groups is 1. The van der Waals surface area contributed by atoms with E-state index in [1.807, 2.05) is 0 Å². The van der Waals surface area contributed by atoms with Crippen molar-refractivity contribution < 1.29 is 14.8 Å². The summed E-state index contributed by atoms with van der Waals surface area (Å²) in [5.74, 6) is 0.194. The van der Waals surface area contributed by atoms with Crippen LogP contribution < -0.4 is 4.74 Å². The lowest BCUT2D eigenvalue weighted by atomic mass is 10.2. The molecule has 0 fully saturated rings. The summed E-state index contributed by atoms with van der Waals surface area (Å²) in [4.78, 5) is 14.3. The monoisotopic (exact) mass is 294 g/mol. The zero-order valence-corrected chi connectivity index (χ0v) is 11.2. The van der Waals surface area contributed by atoms with Crippen LogP contribution in [-0.2, 0) is 0 Å². The quantitative estimate of drug-likeness (QED) is 0.689. The molecule has 1 N–H and O–H groups in total. The standard InChI is InChI=1S/C13H11ClN2O4/c1-8(17)9-2-5-13(15-7-9)20-12-6-10(14)3-4-11(12)16(18)19/h2-8,17H,1H3/t8-/m1/s1. The highest BCUT2D eigenvalue weighted by Gasteiger charge is 2.16. The maximum absolute atomic E-state index is 10.9. The van der Waals surface area contributed by atoms with Crippen LogP contribution in [0, 0.1) is 10.1 Å². The molecular weight excluding hydrogens is 284 g/mol. The van der Waals surface area contributed by atoms with E-state index >= 15 is 0 Å². The number of halogens is 1. The Bertz CT molecular complexity index is 629. The smallest absolute Gasteiger partial charge is 0.311 e. The Hall–Kier alpha value is -2.18. The summed E-state index contributed by atoms with van der Waals surface area (Å²) in [7, 11) is 0. The van der Waals surface area contributed by atoms with Crippen LogP contribution in [0.4, 0.5) is 5.69 Å². The van der Waals surface area contributed by atoms with E-state index in [-0.39, 0.29) is 17.3 Å². The molecule has 0 radical (unpaired) electrons. The SMILES string of the molecule is C[C@@H](O)c1ccc(Oc2cc(Cl)ccc2[N+](=O)[O-])nc1. The van der Waals surface area contributed by atoms with Crippen LogP contribution >= 0.6 is 11.6 Å². The first kappa shape index (κ1) is 14.2. The third-order valence-corrected chi connectivity index (χ3v) is 2.81. The van der Waals surface area contributed by atoms with Crippen LogP contribution in [0.5, 0.6) is 11.6 Å². The summed E-state index contributed by atoms with van der Waals surface area (Å²) in [6.07, 6.45) is 0.799. The number of hydrogen-bond acceptors (Lipinski definition) is 5. The normalized spacial score (nSPS) is 11.9. The number of rotatable bonds is 4. The van der Waals surface area contributed by atoms with Gasteiger partial charge in [0.2, 0.25) is 11.6 Å². The molecule has 0 saturated heterocycles. The third kappa shape index (κ3) is 3.23. The van der Waals surface area contributed by atoms with Crippen LogP contribution in [0.2, 0.25) is 5.02 Å². The molecule has 0 aliphatic rings. The number of nitro benzene ring substituents is 1. The Balaban J connectivity index is 2.29. The summed E-state index contributed by atoms with van der Waals surface area (Å²) >= 11 is 5.80. The van der Waals surface area contributed by atoms with Gasteiger partial charge in [-0.2, -0.15) is 0 Å². The predicted molar refractivity (Wildman–Crippen MR) is 73.1 cm³/mol. The molecule has 0 amide bonds. The number of aromatic nitrogens is 1. The highest BCUT2D eigenvalue weighted by molar-refractivity contribution is 6.30. The molecule has 7 heteroatoms. The van der Waals surface area contributed by atoms with Crippen molar-refractivity contribution in [2.75, 3.05) is 0 Å². The molecule has 6 nitrogen and oxygen atoms in total. The average Bonchev–Trinajstić information content (AvgIpc) is 2.39. The van der Waals surface area contributed by atoms with Gasteiger partial charge in [-0.1, -0.05) is 11.6 Å². The molecule has 0 bridgehead atoms. The van der Waals surface area contributed by atoms with Gasteiger partial charge in [0.25, 0.3) is 0 Å². The summed E-state index contributed by atoms with van der Waals surface area (Å²) in [5, 5.41) is 20.6. The Morgan fingerprint density at radius 3 is 2.70 bits per heavy atom. The number of benzene rings is 1. The lowest BCUT2D eigenvalue weighted by Crippen LogP contribution is -1.96. The fourth-order valence-corrected chi connectivity index (χ4v) is 1.69. The largest absolute Gasteiger partial charge is 0.432 e. The molecule has 0 aliphatic heterocycles. The van der Waals surface area contributed by atoms with E-state index in [9.17, 15) is 15.2 Å². The molecule has 2 rings (SSSR count). The van der Waals surface area contributed by atoms with Crippen molar-refractivity contribution >= 4 is 17.3 Å². The van der Waals surface area contributed by atoms with Crippen molar-refractivity contribution in [1.29, 1.82) is 0 Å². The van der Waals surface area contributed by atoms with Gasteiger partial charge in [-0.05, 0) is 24.6 Å². The molecule has 0 spiro atoms. The van der Waals surface area contributed by atoms with Crippen LogP contribution in [0.1, 0.15) is 18.6 Å². The molecule has 0 aliphatic carbocycles.